The number of rotatable bonds is 6. The maximum atomic E-state index is 12.5. The maximum Gasteiger partial charge on any atom is 0.410 e. The summed E-state index contributed by atoms with van der Waals surface area (Å²) in [6.45, 7) is 10.5. The quantitative estimate of drug-likeness (QED) is 0.565. The van der Waals surface area contributed by atoms with Crippen LogP contribution in [0.3, 0.4) is 0 Å². The third kappa shape index (κ3) is 7.46. The molecule has 1 unspecified atom stereocenters. The fourth-order valence-electron chi connectivity index (χ4n) is 4.35. The summed E-state index contributed by atoms with van der Waals surface area (Å²) in [4.78, 5) is 26.2. The summed E-state index contributed by atoms with van der Waals surface area (Å²) in [5.74, 6) is 0.0174. The molecule has 0 aromatic heterocycles. The fourth-order valence-corrected chi connectivity index (χ4v) is 4.35. The van der Waals surface area contributed by atoms with Gasteiger partial charge >= 0.3 is 12.2 Å². The number of nitrogens with one attached hydrogen (secondary N) is 1. The van der Waals surface area contributed by atoms with Crippen LogP contribution in [0.25, 0.3) is 0 Å². The van der Waals surface area contributed by atoms with Crippen LogP contribution in [-0.4, -0.2) is 40.9 Å². The van der Waals surface area contributed by atoms with Crippen molar-refractivity contribution in [2.24, 2.45) is 5.92 Å². The minimum atomic E-state index is -1.03. The minimum absolute atomic E-state index is 0.0174. The zero-order valence-electron chi connectivity index (χ0n) is 21.4. The minimum Gasteiger partial charge on any atom is -0.445 e. The van der Waals surface area contributed by atoms with E-state index in [0.29, 0.717) is 25.9 Å². The largest absolute Gasteiger partial charge is 0.445 e. The molecular weight excluding hydrogens is 444 g/mol. The van der Waals surface area contributed by atoms with Crippen LogP contribution in [0, 0.1) is 5.92 Å². The molecule has 2 atom stereocenters. The van der Waals surface area contributed by atoms with Gasteiger partial charge in [0.25, 0.3) is 0 Å². The van der Waals surface area contributed by atoms with Gasteiger partial charge in [0.2, 0.25) is 0 Å². The third-order valence-corrected chi connectivity index (χ3v) is 6.48. The predicted octanol–water partition coefficient (Wildman–Crippen LogP) is 5.53. The van der Waals surface area contributed by atoms with Crippen molar-refractivity contribution in [3.8, 4) is 0 Å². The van der Waals surface area contributed by atoms with Gasteiger partial charge in [0.05, 0.1) is 11.6 Å². The lowest BCUT2D eigenvalue weighted by atomic mass is 9.77. The number of aliphatic hydroxyl groups is 1. The van der Waals surface area contributed by atoms with E-state index in [1.165, 1.54) is 0 Å². The van der Waals surface area contributed by atoms with E-state index in [1.807, 2.05) is 89.2 Å². The molecule has 1 heterocycles. The molecule has 0 aliphatic carbocycles. The van der Waals surface area contributed by atoms with E-state index in [1.54, 1.807) is 4.90 Å². The van der Waals surface area contributed by atoms with E-state index in [9.17, 15) is 14.7 Å². The normalized spacial score (nSPS) is 17.3. The van der Waals surface area contributed by atoms with Crippen LogP contribution in [0.1, 0.15) is 70.2 Å². The summed E-state index contributed by atoms with van der Waals surface area (Å²) in [6.07, 6.45) is 0.593. The molecule has 35 heavy (non-hydrogen) atoms. The van der Waals surface area contributed by atoms with Gasteiger partial charge in [0, 0.05) is 13.1 Å². The number of carbonyl (C=O) groups is 2. The summed E-state index contributed by atoms with van der Waals surface area (Å²) in [5.41, 5.74) is 1.11. The summed E-state index contributed by atoms with van der Waals surface area (Å²) in [7, 11) is 0. The zero-order valence-corrected chi connectivity index (χ0v) is 21.4. The summed E-state index contributed by atoms with van der Waals surface area (Å²) < 4.78 is 10.8. The van der Waals surface area contributed by atoms with E-state index in [2.05, 4.69) is 5.32 Å². The molecule has 2 aromatic carbocycles. The van der Waals surface area contributed by atoms with Crippen molar-refractivity contribution in [3.63, 3.8) is 0 Å². The molecule has 2 aromatic rings. The fraction of sp³-hybridized carbons (Fsp3) is 0.500. The van der Waals surface area contributed by atoms with Crippen LogP contribution in [0.5, 0.6) is 0 Å². The smallest absolute Gasteiger partial charge is 0.410 e. The number of hydrogen-bond donors (Lipinski definition) is 2. The van der Waals surface area contributed by atoms with Crippen LogP contribution < -0.4 is 5.32 Å². The highest BCUT2D eigenvalue weighted by Crippen LogP contribution is 2.36. The summed E-state index contributed by atoms with van der Waals surface area (Å²) >= 11 is 0. The maximum absolute atomic E-state index is 12.5. The monoisotopic (exact) mass is 482 g/mol. The van der Waals surface area contributed by atoms with Gasteiger partial charge in [-0.3, -0.25) is 0 Å². The Bertz CT molecular complexity index is 975. The van der Waals surface area contributed by atoms with E-state index in [0.717, 1.165) is 16.7 Å². The van der Waals surface area contributed by atoms with Crippen LogP contribution in [0.4, 0.5) is 9.59 Å². The number of amides is 2. The zero-order chi connectivity index (χ0) is 25.6. The molecule has 1 saturated heterocycles. The van der Waals surface area contributed by atoms with E-state index in [4.69, 9.17) is 9.47 Å². The van der Waals surface area contributed by atoms with Gasteiger partial charge in [-0.25, -0.2) is 9.59 Å². The summed E-state index contributed by atoms with van der Waals surface area (Å²) in [6, 6.07) is 17.0. The average molecular weight is 483 g/mol. The van der Waals surface area contributed by atoms with E-state index < -0.39 is 17.3 Å². The molecular formula is C28H38N2O5. The first-order chi connectivity index (χ1) is 16.5. The standard InChI is InChI=1S/C28H38N2O5/c1-20(29-25(31)35-27(2,3)4)22-11-13-23(14-12-22)28(5,33)24-15-17-30(18-16-24)26(32)34-19-21-9-7-6-8-10-21/h6-14,20,24,33H,15-19H2,1-5H3,(H,29,31)/t20-,28?/m0/s1. The van der Waals surface area contributed by atoms with E-state index in [-0.39, 0.29) is 24.7 Å². The van der Waals surface area contributed by atoms with Gasteiger partial charge in [-0.1, -0.05) is 54.6 Å². The van der Waals surface area contributed by atoms with Gasteiger partial charge in [0.15, 0.2) is 0 Å². The van der Waals surface area contributed by atoms with Crippen molar-refractivity contribution in [2.45, 2.75) is 71.3 Å². The average Bonchev–Trinajstić information content (AvgIpc) is 2.82. The number of ether oxygens (including phenoxy) is 2. The number of alkyl carbamates (subject to hydrolysis) is 1. The van der Waals surface area contributed by atoms with Crippen molar-refractivity contribution in [3.05, 3.63) is 71.3 Å². The van der Waals surface area contributed by atoms with Gasteiger partial charge in [-0.15, -0.1) is 0 Å². The third-order valence-electron chi connectivity index (χ3n) is 6.48. The Morgan fingerprint density at radius 2 is 1.63 bits per heavy atom. The number of nitrogens with zero attached hydrogens (tertiary/aromatic N) is 1. The van der Waals surface area contributed by atoms with Gasteiger partial charge in [-0.05, 0) is 70.1 Å². The lowest BCUT2D eigenvalue weighted by Gasteiger charge is -2.39. The molecule has 3 rings (SSSR count). The number of carbonyl (C=O) groups excluding carboxylic acids is 2. The molecule has 1 aliphatic rings. The number of piperidine rings is 1. The molecule has 7 heteroatoms. The van der Waals surface area contributed by atoms with Gasteiger partial charge in [-0.2, -0.15) is 0 Å². The van der Waals surface area contributed by atoms with Gasteiger partial charge < -0.3 is 24.8 Å². The van der Waals surface area contributed by atoms with Crippen molar-refractivity contribution in [1.29, 1.82) is 0 Å². The van der Waals surface area contributed by atoms with Crippen molar-refractivity contribution < 1.29 is 24.2 Å². The second kappa shape index (κ2) is 11.1. The first-order valence-electron chi connectivity index (χ1n) is 12.2. The van der Waals surface area contributed by atoms with E-state index >= 15 is 0 Å². The van der Waals surface area contributed by atoms with Crippen LogP contribution in [0.15, 0.2) is 54.6 Å². The second-order valence-electron chi connectivity index (χ2n) is 10.4. The summed E-state index contributed by atoms with van der Waals surface area (Å²) in [5, 5.41) is 14.2. The molecule has 0 radical (unpaired) electrons. The molecule has 2 N–H and O–H groups in total. The van der Waals surface area contributed by atoms with Gasteiger partial charge in [0.1, 0.15) is 12.2 Å². The van der Waals surface area contributed by atoms with Crippen molar-refractivity contribution in [1.82, 2.24) is 10.2 Å². The first-order valence-corrected chi connectivity index (χ1v) is 12.2. The second-order valence-corrected chi connectivity index (χ2v) is 10.4. The molecule has 2 amide bonds. The molecule has 1 fully saturated rings. The molecule has 0 bridgehead atoms. The number of benzene rings is 2. The Hall–Kier alpha value is -3.06. The molecule has 0 saturated carbocycles. The van der Waals surface area contributed by atoms with Crippen molar-refractivity contribution in [2.75, 3.05) is 13.1 Å². The molecule has 0 spiro atoms. The number of likely N-dealkylation sites (tertiary alicyclic amines) is 1. The highest BCUT2D eigenvalue weighted by atomic mass is 16.6. The lowest BCUT2D eigenvalue weighted by Crippen LogP contribution is -2.44. The molecule has 1 aliphatic heterocycles. The van der Waals surface area contributed by atoms with Crippen LogP contribution in [-0.2, 0) is 21.7 Å². The topological polar surface area (TPSA) is 88.1 Å². The van der Waals surface area contributed by atoms with Crippen molar-refractivity contribution >= 4 is 12.2 Å². The Balaban J connectivity index is 1.52. The Kier molecular flexibility index (Phi) is 8.43. The predicted molar refractivity (Wildman–Crippen MR) is 135 cm³/mol. The van der Waals surface area contributed by atoms with Crippen LogP contribution >= 0.6 is 0 Å². The highest BCUT2D eigenvalue weighted by molar-refractivity contribution is 5.68. The lowest BCUT2D eigenvalue weighted by molar-refractivity contribution is -0.0328. The molecule has 7 nitrogen and oxygen atoms in total. The van der Waals surface area contributed by atoms with Crippen LogP contribution in [0.2, 0.25) is 0 Å². The Morgan fingerprint density at radius 3 is 2.20 bits per heavy atom. The molecule has 190 valence electrons. The Labute approximate surface area is 208 Å². The highest BCUT2D eigenvalue weighted by Gasteiger charge is 2.37. The SMILES string of the molecule is C[C@H](NC(=O)OC(C)(C)C)c1ccc(C(C)(O)C2CCN(C(=O)OCc3ccccc3)CC2)cc1. The Morgan fingerprint density at radius 1 is 1.03 bits per heavy atom. The first kappa shape index (κ1) is 26.5. The number of hydrogen-bond acceptors (Lipinski definition) is 5.